The van der Waals surface area contributed by atoms with Crippen LogP contribution in [0.4, 0.5) is 5.00 Å². The second-order valence-electron chi connectivity index (χ2n) is 4.47. The molecule has 5 nitrogen and oxygen atoms in total. The summed E-state index contributed by atoms with van der Waals surface area (Å²) < 4.78 is 4.92. The van der Waals surface area contributed by atoms with Gasteiger partial charge in [0, 0.05) is 6.42 Å². The van der Waals surface area contributed by atoms with Crippen molar-refractivity contribution >= 4 is 28.2 Å². The summed E-state index contributed by atoms with van der Waals surface area (Å²) in [5, 5.41) is 13.6. The van der Waals surface area contributed by atoms with E-state index in [4.69, 9.17) is 10.00 Å². The van der Waals surface area contributed by atoms with E-state index in [1.54, 1.807) is 11.4 Å². The molecule has 1 heterocycles. The van der Waals surface area contributed by atoms with E-state index in [0.717, 1.165) is 5.56 Å². The molecule has 0 spiro atoms. The standard InChI is InChI=1S/C16H14N2O3S/c17-10-13-8-9-22-16(13)18-14(19)11-21-15(20)7-6-12-4-2-1-3-5-12/h1-5,8-9H,6-7,11H2,(H,18,19). The van der Waals surface area contributed by atoms with E-state index in [-0.39, 0.29) is 13.0 Å². The minimum atomic E-state index is -0.452. The third-order valence-electron chi connectivity index (χ3n) is 2.86. The van der Waals surface area contributed by atoms with E-state index < -0.39 is 11.9 Å². The summed E-state index contributed by atoms with van der Waals surface area (Å²) in [6.45, 7) is -0.351. The maximum Gasteiger partial charge on any atom is 0.306 e. The first-order chi connectivity index (χ1) is 10.7. The summed E-state index contributed by atoms with van der Waals surface area (Å²) in [5.74, 6) is -0.877. The zero-order valence-corrected chi connectivity index (χ0v) is 12.6. The van der Waals surface area contributed by atoms with Gasteiger partial charge in [-0.2, -0.15) is 5.26 Å². The second kappa shape index (κ2) is 7.96. The van der Waals surface area contributed by atoms with E-state index in [1.807, 2.05) is 36.4 Å². The van der Waals surface area contributed by atoms with Crippen molar-refractivity contribution in [2.45, 2.75) is 12.8 Å². The molecule has 0 aliphatic heterocycles. The Balaban J connectivity index is 1.72. The fraction of sp³-hybridized carbons (Fsp3) is 0.188. The number of aryl methyl sites for hydroxylation is 1. The SMILES string of the molecule is N#Cc1ccsc1NC(=O)COC(=O)CCc1ccccc1. The number of nitrogens with one attached hydrogen (secondary N) is 1. The van der Waals surface area contributed by atoms with Crippen molar-refractivity contribution in [3.05, 3.63) is 52.9 Å². The fourth-order valence-electron chi connectivity index (χ4n) is 1.77. The van der Waals surface area contributed by atoms with Crippen molar-refractivity contribution in [2.75, 3.05) is 11.9 Å². The van der Waals surface area contributed by atoms with E-state index >= 15 is 0 Å². The Bertz CT molecular complexity index is 689. The first-order valence-corrected chi connectivity index (χ1v) is 7.54. The number of carbonyl (C=O) groups excluding carboxylic acids is 2. The predicted octanol–water partition coefficient (Wildman–Crippen LogP) is 2.73. The molecule has 2 rings (SSSR count). The zero-order valence-electron chi connectivity index (χ0n) is 11.7. The average molecular weight is 314 g/mol. The maximum absolute atomic E-state index is 11.7. The summed E-state index contributed by atoms with van der Waals surface area (Å²) in [6, 6.07) is 13.2. The van der Waals surface area contributed by atoms with Crippen LogP contribution in [0.3, 0.4) is 0 Å². The molecule has 0 aliphatic rings. The highest BCUT2D eigenvalue weighted by atomic mass is 32.1. The van der Waals surface area contributed by atoms with Gasteiger partial charge in [0.1, 0.15) is 11.1 Å². The summed E-state index contributed by atoms with van der Waals surface area (Å²) in [6.07, 6.45) is 0.796. The van der Waals surface area contributed by atoms with Gasteiger partial charge in [-0.3, -0.25) is 9.59 Å². The topological polar surface area (TPSA) is 79.2 Å². The molecule has 0 radical (unpaired) electrons. The number of thiophene rings is 1. The normalized spacial score (nSPS) is 9.77. The van der Waals surface area contributed by atoms with Gasteiger partial charge in [0.15, 0.2) is 6.61 Å². The highest BCUT2D eigenvalue weighted by Crippen LogP contribution is 2.21. The number of nitriles is 1. The lowest BCUT2D eigenvalue weighted by Gasteiger charge is -2.05. The molecule has 22 heavy (non-hydrogen) atoms. The molecule has 0 fully saturated rings. The molecular weight excluding hydrogens is 300 g/mol. The zero-order chi connectivity index (χ0) is 15.8. The Morgan fingerprint density at radius 3 is 2.73 bits per heavy atom. The van der Waals surface area contributed by atoms with Crippen LogP contribution in [0.15, 0.2) is 41.8 Å². The molecule has 0 unspecified atom stereocenters. The molecule has 0 atom stereocenters. The number of rotatable bonds is 6. The van der Waals surface area contributed by atoms with E-state index in [0.29, 0.717) is 17.0 Å². The number of ether oxygens (including phenoxy) is 1. The summed E-state index contributed by atoms with van der Waals surface area (Å²) in [4.78, 5) is 23.3. The molecule has 1 aromatic carbocycles. The van der Waals surface area contributed by atoms with Gasteiger partial charge in [-0.25, -0.2) is 0 Å². The van der Waals surface area contributed by atoms with E-state index in [9.17, 15) is 9.59 Å². The molecule has 1 aromatic heterocycles. The summed E-state index contributed by atoms with van der Waals surface area (Å²) in [7, 11) is 0. The third-order valence-corrected chi connectivity index (χ3v) is 3.69. The lowest BCUT2D eigenvalue weighted by Crippen LogP contribution is -2.20. The maximum atomic E-state index is 11.7. The smallest absolute Gasteiger partial charge is 0.306 e. The number of carbonyl (C=O) groups is 2. The van der Waals surface area contributed by atoms with E-state index in [1.165, 1.54) is 11.3 Å². The third kappa shape index (κ3) is 4.72. The molecule has 0 aliphatic carbocycles. The van der Waals surface area contributed by atoms with Gasteiger partial charge in [-0.05, 0) is 23.4 Å². The van der Waals surface area contributed by atoms with Gasteiger partial charge in [0.25, 0.3) is 5.91 Å². The quantitative estimate of drug-likeness (QED) is 0.831. The van der Waals surface area contributed by atoms with Gasteiger partial charge < -0.3 is 10.1 Å². The first-order valence-electron chi connectivity index (χ1n) is 6.66. The van der Waals surface area contributed by atoms with Gasteiger partial charge in [0.05, 0.1) is 5.56 Å². The van der Waals surface area contributed by atoms with Crippen LogP contribution in [0, 0.1) is 11.3 Å². The number of hydrogen-bond acceptors (Lipinski definition) is 5. The Hall–Kier alpha value is -2.65. The van der Waals surface area contributed by atoms with Crippen LogP contribution in [0.1, 0.15) is 17.5 Å². The van der Waals surface area contributed by atoms with Crippen molar-refractivity contribution in [2.24, 2.45) is 0 Å². The van der Waals surface area contributed by atoms with Gasteiger partial charge in [0.2, 0.25) is 0 Å². The minimum absolute atomic E-state index is 0.222. The van der Waals surface area contributed by atoms with Crippen LogP contribution < -0.4 is 5.32 Å². The Kier molecular flexibility index (Phi) is 5.69. The number of anilines is 1. The summed E-state index contributed by atoms with van der Waals surface area (Å²) >= 11 is 1.25. The van der Waals surface area contributed by atoms with Crippen LogP contribution in [0.25, 0.3) is 0 Å². The first kappa shape index (κ1) is 15.7. The number of amides is 1. The van der Waals surface area contributed by atoms with Crippen LogP contribution in [0.5, 0.6) is 0 Å². The lowest BCUT2D eigenvalue weighted by molar-refractivity contribution is -0.147. The van der Waals surface area contributed by atoms with Crippen molar-refractivity contribution in [3.63, 3.8) is 0 Å². The summed E-state index contributed by atoms with van der Waals surface area (Å²) in [5.41, 5.74) is 1.44. The Labute approximate surface area is 132 Å². The lowest BCUT2D eigenvalue weighted by atomic mass is 10.1. The van der Waals surface area contributed by atoms with Gasteiger partial charge in [-0.1, -0.05) is 30.3 Å². The van der Waals surface area contributed by atoms with Crippen LogP contribution in [-0.4, -0.2) is 18.5 Å². The van der Waals surface area contributed by atoms with Crippen molar-refractivity contribution in [1.82, 2.24) is 0 Å². The van der Waals surface area contributed by atoms with Crippen molar-refractivity contribution < 1.29 is 14.3 Å². The molecule has 1 N–H and O–H groups in total. The highest BCUT2D eigenvalue weighted by Gasteiger charge is 2.11. The van der Waals surface area contributed by atoms with Gasteiger partial charge >= 0.3 is 5.97 Å². The Morgan fingerprint density at radius 2 is 2.00 bits per heavy atom. The van der Waals surface area contributed by atoms with Crippen LogP contribution >= 0.6 is 11.3 Å². The Morgan fingerprint density at radius 1 is 1.23 bits per heavy atom. The molecule has 6 heteroatoms. The largest absolute Gasteiger partial charge is 0.456 e. The minimum Gasteiger partial charge on any atom is -0.456 e. The molecule has 0 saturated carbocycles. The monoisotopic (exact) mass is 314 g/mol. The molecule has 112 valence electrons. The fourth-order valence-corrected chi connectivity index (χ4v) is 2.52. The molecular formula is C16H14N2O3S. The molecule has 2 aromatic rings. The molecule has 1 amide bonds. The van der Waals surface area contributed by atoms with Crippen LogP contribution in [-0.2, 0) is 20.7 Å². The number of nitrogens with zero attached hydrogens (tertiary/aromatic N) is 1. The number of hydrogen-bond donors (Lipinski definition) is 1. The van der Waals surface area contributed by atoms with Crippen molar-refractivity contribution in [1.29, 1.82) is 5.26 Å². The molecule has 0 saturated heterocycles. The second-order valence-corrected chi connectivity index (χ2v) is 5.39. The van der Waals surface area contributed by atoms with E-state index in [2.05, 4.69) is 5.32 Å². The number of esters is 1. The average Bonchev–Trinajstić information content (AvgIpc) is 2.99. The predicted molar refractivity (Wildman–Crippen MR) is 83.4 cm³/mol. The highest BCUT2D eigenvalue weighted by molar-refractivity contribution is 7.14. The van der Waals surface area contributed by atoms with Gasteiger partial charge in [-0.15, -0.1) is 11.3 Å². The molecule has 0 bridgehead atoms. The van der Waals surface area contributed by atoms with Crippen molar-refractivity contribution in [3.8, 4) is 6.07 Å². The van der Waals surface area contributed by atoms with Crippen LogP contribution in [0.2, 0.25) is 0 Å². The number of benzene rings is 1.